The molecule has 0 aromatic carbocycles. The van der Waals surface area contributed by atoms with Crippen LogP contribution >= 0.6 is 11.3 Å². The molecule has 6 nitrogen and oxygen atoms in total. The van der Waals surface area contributed by atoms with Crippen LogP contribution in [0.1, 0.15) is 0 Å². The summed E-state index contributed by atoms with van der Waals surface area (Å²) < 4.78 is 62.9. The van der Waals surface area contributed by atoms with Gasteiger partial charge in [0.25, 0.3) is 10.0 Å². The van der Waals surface area contributed by atoms with E-state index in [2.05, 4.69) is 10.3 Å². The molecule has 11 heteroatoms. The Labute approximate surface area is 110 Å². The number of rotatable bonds is 4. The number of alkyl halides is 3. The quantitative estimate of drug-likeness (QED) is 0.891. The molecule has 0 bridgehead atoms. The molecule has 0 spiro atoms. The van der Waals surface area contributed by atoms with Crippen LogP contribution in [0.15, 0.2) is 16.6 Å². The average molecular weight is 314 g/mol. The second-order valence-electron chi connectivity index (χ2n) is 3.51. The third-order valence-corrected chi connectivity index (χ3v) is 4.35. The van der Waals surface area contributed by atoms with Crippen LogP contribution in [-0.2, 0) is 10.0 Å². The number of nitrogens with zero attached hydrogens (tertiary/aromatic N) is 2. The van der Waals surface area contributed by atoms with E-state index in [0.717, 1.165) is 0 Å². The third kappa shape index (κ3) is 2.82. The van der Waals surface area contributed by atoms with Gasteiger partial charge in [-0.15, -0.1) is 11.3 Å². The third-order valence-electron chi connectivity index (χ3n) is 2.17. The van der Waals surface area contributed by atoms with Crippen LogP contribution in [0.2, 0.25) is 0 Å². The van der Waals surface area contributed by atoms with Gasteiger partial charge in [-0.05, 0) is 0 Å². The molecule has 0 aliphatic heterocycles. The van der Waals surface area contributed by atoms with E-state index in [-0.39, 0.29) is 10.8 Å². The lowest BCUT2D eigenvalue weighted by Gasteiger charge is -2.09. The predicted molar refractivity (Wildman–Crippen MR) is 63.9 cm³/mol. The predicted octanol–water partition coefficient (Wildman–Crippen LogP) is 1.28. The summed E-state index contributed by atoms with van der Waals surface area (Å²) in [6.45, 7) is -1.63. The summed E-state index contributed by atoms with van der Waals surface area (Å²) in [5.74, 6) is 0.00141. The highest BCUT2D eigenvalue weighted by Gasteiger charge is 2.32. The van der Waals surface area contributed by atoms with Crippen LogP contribution in [0.5, 0.6) is 0 Å². The summed E-state index contributed by atoms with van der Waals surface area (Å²) in [4.78, 5) is 4.34. The zero-order valence-corrected chi connectivity index (χ0v) is 11.2. The van der Waals surface area contributed by atoms with Crippen molar-refractivity contribution in [3.05, 3.63) is 11.6 Å². The lowest BCUT2D eigenvalue weighted by atomic mass is 10.7. The van der Waals surface area contributed by atoms with Crippen LogP contribution in [0.3, 0.4) is 0 Å². The number of thiazole rings is 1. The highest BCUT2D eigenvalue weighted by Crippen LogP contribution is 2.25. The van der Waals surface area contributed by atoms with Gasteiger partial charge in [-0.1, -0.05) is 0 Å². The van der Waals surface area contributed by atoms with Crippen LogP contribution < -0.4 is 10.0 Å². The van der Waals surface area contributed by atoms with Gasteiger partial charge in [0.1, 0.15) is 6.54 Å². The Balaban J connectivity index is 2.44. The van der Waals surface area contributed by atoms with E-state index < -0.39 is 22.7 Å². The van der Waals surface area contributed by atoms with Gasteiger partial charge in [0.15, 0.2) is 15.8 Å². The van der Waals surface area contributed by atoms with Crippen molar-refractivity contribution in [2.75, 3.05) is 18.9 Å². The largest absolute Gasteiger partial charge is 0.402 e. The van der Waals surface area contributed by atoms with Crippen LogP contribution in [0, 0.1) is 0 Å². The van der Waals surface area contributed by atoms with E-state index in [0.29, 0.717) is 4.96 Å². The van der Waals surface area contributed by atoms with Gasteiger partial charge in [0, 0.05) is 18.6 Å². The first-order valence-electron chi connectivity index (χ1n) is 4.94. The maximum absolute atomic E-state index is 12.1. The molecule has 2 rings (SSSR count). The molecule has 19 heavy (non-hydrogen) atoms. The monoisotopic (exact) mass is 314 g/mol. The topological polar surface area (TPSA) is 75.5 Å². The van der Waals surface area contributed by atoms with Gasteiger partial charge >= 0.3 is 6.18 Å². The molecule has 0 atom stereocenters. The van der Waals surface area contributed by atoms with E-state index in [4.69, 9.17) is 0 Å². The lowest BCUT2D eigenvalue weighted by molar-refractivity contribution is -0.121. The summed E-state index contributed by atoms with van der Waals surface area (Å²) in [6.07, 6.45) is -3.19. The van der Waals surface area contributed by atoms with Crippen molar-refractivity contribution < 1.29 is 21.6 Å². The molecule has 0 aliphatic carbocycles. The van der Waals surface area contributed by atoms with E-state index in [1.165, 1.54) is 33.7 Å². The number of halogens is 3. The fourth-order valence-corrected chi connectivity index (χ4v) is 3.50. The number of hydrogen-bond acceptors (Lipinski definition) is 5. The van der Waals surface area contributed by atoms with E-state index in [9.17, 15) is 21.6 Å². The molecule has 0 saturated heterocycles. The minimum absolute atomic E-state index is 0.00141. The van der Waals surface area contributed by atoms with Crippen molar-refractivity contribution in [3.8, 4) is 0 Å². The van der Waals surface area contributed by atoms with Crippen molar-refractivity contribution in [1.82, 2.24) is 14.1 Å². The number of sulfonamides is 1. The average Bonchev–Trinajstić information content (AvgIpc) is 2.83. The normalized spacial score (nSPS) is 13.1. The van der Waals surface area contributed by atoms with Crippen LogP contribution in [0.4, 0.5) is 19.0 Å². The smallest absolute Gasteiger partial charge is 0.371 e. The van der Waals surface area contributed by atoms with Crippen molar-refractivity contribution in [2.24, 2.45) is 0 Å². The van der Waals surface area contributed by atoms with Crippen molar-refractivity contribution >= 4 is 32.1 Å². The second kappa shape index (κ2) is 4.65. The number of imidazole rings is 1. The fourth-order valence-electron chi connectivity index (χ4n) is 1.43. The molecule has 106 valence electrons. The van der Waals surface area contributed by atoms with Gasteiger partial charge in [-0.3, -0.25) is 4.40 Å². The Hall–Kier alpha value is -1.33. The molecule has 2 aromatic heterocycles. The Morgan fingerprint density at radius 3 is 2.74 bits per heavy atom. The SMILES string of the molecule is CNc1nc2sccn2c1S(=O)(=O)NCC(F)(F)F. The molecule has 0 amide bonds. The molecule has 0 saturated carbocycles. The summed E-state index contributed by atoms with van der Waals surface area (Å²) in [5, 5.41) is 3.80. The molecule has 2 N–H and O–H groups in total. The standard InChI is InChI=1S/C8H9F3N4O2S2/c1-12-5-6(15-2-3-18-7(15)14-5)19(16,17)13-4-8(9,10)11/h2-3,12-13H,4H2,1H3. The number of anilines is 1. The van der Waals surface area contributed by atoms with E-state index in [1.807, 2.05) is 0 Å². The number of fused-ring (bicyclic) bond motifs is 1. The molecule has 0 unspecified atom stereocenters. The highest BCUT2D eigenvalue weighted by molar-refractivity contribution is 7.89. The van der Waals surface area contributed by atoms with Gasteiger partial charge in [-0.25, -0.2) is 18.1 Å². The first kappa shape index (κ1) is 14.1. The van der Waals surface area contributed by atoms with Crippen LogP contribution in [0.25, 0.3) is 4.96 Å². The fraction of sp³-hybridized carbons (Fsp3) is 0.375. The van der Waals surface area contributed by atoms with Gasteiger partial charge in [0.05, 0.1) is 0 Å². The summed E-state index contributed by atoms with van der Waals surface area (Å²) in [7, 11) is -2.88. The lowest BCUT2D eigenvalue weighted by Crippen LogP contribution is -2.34. The van der Waals surface area contributed by atoms with Gasteiger partial charge in [0.2, 0.25) is 0 Å². The molecule has 0 radical (unpaired) electrons. The Morgan fingerprint density at radius 2 is 2.16 bits per heavy atom. The van der Waals surface area contributed by atoms with Crippen molar-refractivity contribution in [1.29, 1.82) is 0 Å². The first-order chi connectivity index (χ1) is 8.74. The van der Waals surface area contributed by atoms with Crippen LogP contribution in [-0.4, -0.2) is 37.6 Å². The zero-order valence-electron chi connectivity index (χ0n) is 9.52. The highest BCUT2D eigenvalue weighted by atomic mass is 32.2. The first-order valence-corrected chi connectivity index (χ1v) is 7.30. The number of aromatic nitrogens is 2. The van der Waals surface area contributed by atoms with E-state index in [1.54, 1.807) is 5.38 Å². The minimum atomic E-state index is -4.62. The second-order valence-corrected chi connectivity index (χ2v) is 6.07. The van der Waals surface area contributed by atoms with Crippen molar-refractivity contribution in [3.63, 3.8) is 0 Å². The maximum Gasteiger partial charge on any atom is 0.402 e. The number of nitrogens with one attached hydrogen (secondary N) is 2. The summed E-state index contributed by atoms with van der Waals surface area (Å²) >= 11 is 1.17. The molecule has 0 aliphatic rings. The number of hydrogen-bond donors (Lipinski definition) is 2. The zero-order chi connectivity index (χ0) is 14.3. The molecule has 0 fully saturated rings. The maximum atomic E-state index is 12.1. The minimum Gasteiger partial charge on any atom is -0.371 e. The molecule has 2 heterocycles. The Bertz CT molecular complexity index is 688. The van der Waals surface area contributed by atoms with E-state index >= 15 is 0 Å². The molecular weight excluding hydrogens is 305 g/mol. The summed E-state index contributed by atoms with van der Waals surface area (Å²) in [6, 6.07) is 0. The Kier molecular flexibility index (Phi) is 3.45. The molecule has 2 aromatic rings. The van der Waals surface area contributed by atoms with Gasteiger partial charge < -0.3 is 5.32 Å². The van der Waals surface area contributed by atoms with Crippen molar-refractivity contribution in [2.45, 2.75) is 11.2 Å². The molecular formula is C8H9F3N4O2S2. The van der Waals surface area contributed by atoms with Gasteiger partial charge in [-0.2, -0.15) is 13.2 Å². The Morgan fingerprint density at radius 1 is 1.47 bits per heavy atom. The summed E-state index contributed by atoms with van der Waals surface area (Å²) in [5.41, 5.74) is 0.